The molecule has 1 heterocycles. The van der Waals surface area contributed by atoms with Crippen LogP contribution in [-0.2, 0) is 15.8 Å². The van der Waals surface area contributed by atoms with Crippen molar-refractivity contribution in [2.75, 3.05) is 6.67 Å². The number of carboxylic acid groups (broad SMARTS) is 2. The van der Waals surface area contributed by atoms with Crippen LogP contribution < -0.4 is 5.32 Å². The van der Waals surface area contributed by atoms with E-state index >= 15 is 0 Å². The van der Waals surface area contributed by atoms with Gasteiger partial charge in [-0.2, -0.15) is 13.2 Å². The number of nitrogens with zero attached hydrogens (tertiary/aromatic N) is 1. The third kappa shape index (κ3) is 3.50. The van der Waals surface area contributed by atoms with Gasteiger partial charge >= 0.3 is 18.1 Å². The van der Waals surface area contributed by atoms with Crippen LogP contribution >= 0.6 is 0 Å². The lowest BCUT2D eigenvalue weighted by Crippen LogP contribution is -2.71. The van der Waals surface area contributed by atoms with Crippen LogP contribution in [0.25, 0.3) is 0 Å². The van der Waals surface area contributed by atoms with Crippen LogP contribution in [0.5, 0.6) is 0 Å². The number of hydrogen-bond donors (Lipinski definition) is 3. The van der Waals surface area contributed by atoms with Crippen molar-refractivity contribution < 1.29 is 42.3 Å². The molecule has 0 bridgehead atoms. The zero-order valence-corrected chi connectivity index (χ0v) is 17.7. The van der Waals surface area contributed by atoms with Crippen molar-refractivity contribution >= 4 is 17.6 Å². The van der Waals surface area contributed by atoms with Gasteiger partial charge in [0.2, 0.25) is 0 Å². The Morgan fingerprint density at radius 1 is 1.25 bits per heavy atom. The van der Waals surface area contributed by atoms with Gasteiger partial charge in [-0.3, -0.25) is 19.7 Å². The van der Waals surface area contributed by atoms with Crippen LogP contribution in [0.4, 0.5) is 23.2 Å². The predicted octanol–water partition coefficient (Wildman–Crippen LogP) is 3.84. The number of hydrogen-bond acceptors (Lipinski definition) is 5. The summed E-state index contributed by atoms with van der Waals surface area (Å²) in [6.45, 7) is 3.80. The summed E-state index contributed by atoms with van der Waals surface area (Å²) in [5.74, 6) is -6.22. The molecule has 2 rings (SSSR count). The van der Waals surface area contributed by atoms with Gasteiger partial charge in [0.1, 0.15) is 12.2 Å². The van der Waals surface area contributed by atoms with Gasteiger partial charge < -0.3 is 15.5 Å². The molecule has 3 N–H and O–H groups in total. The van der Waals surface area contributed by atoms with Crippen LogP contribution in [0.1, 0.15) is 44.7 Å². The minimum Gasteiger partial charge on any atom is -0.481 e. The summed E-state index contributed by atoms with van der Waals surface area (Å²) in [7, 11) is 0. The maximum Gasteiger partial charge on any atom is 0.423 e. The molecule has 0 amide bonds. The van der Waals surface area contributed by atoms with E-state index in [2.05, 4.69) is 5.32 Å². The number of carbonyl (C=O) groups is 2. The van der Waals surface area contributed by atoms with E-state index < -0.39 is 81.3 Å². The van der Waals surface area contributed by atoms with E-state index in [1.165, 1.54) is 20.8 Å². The molecule has 1 fully saturated rings. The Balaban J connectivity index is 3.15. The van der Waals surface area contributed by atoms with Gasteiger partial charge in [-0.15, -0.1) is 0 Å². The van der Waals surface area contributed by atoms with Crippen LogP contribution in [-0.4, -0.2) is 45.8 Å². The molecule has 12 heteroatoms. The topological polar surface area (TPSA) is 130 Å². The van der Waals surface area contributed by atoms with Crippen molar-refractivity contribution in [1.82, 2.24) is 5.32 Å². The Labute approximate surface area is 180 Å². The van der Waals surface area contributed by atoms with Gasteiger partial charge in [-0.05, 0) is 25.3 Å². The van der Waals surface area contributed by atoms with Crippen molar-refractivity contribution in [2.45, 2.75) is 51.9 Å². The van der Waals surface area contributed by atoms with Gasteiger partial charge in [0, 0.05) is 18.0 Å². The molecule has 1 aliphatic rings. The third-order valence-electron chi connectivity index (χ3n) is 6.78. The molecule has 0 saturated carbocycles. The number of carboxylic acids is 2. The van der Waals surface area contributed by atoms with E-state index in [0.717, 1.165) is 19.1 Å². The van der Waals surface area contributed by atoms with E-state index in [1.807, 2.05) is 0 Å². The SMILES string of the molecule is CC(C)C1(C(=O)O)C(C)NC(CF)C(C)(C(=O)O)C1c1cccc([N+](=O)[O-])c1C(F)(F)F. The average Bonchev–Trinajstić information content (AvgIpc) is 2.66. The second kappa shape index (κ2) is 8.30. The highest BCUT2D eigenvalue weighted by Gasteiger charge is 2.68. The first-order chi connectivity index (χ1) is 14.6. The predicted molar refractivity (Wildman–Crippen MR) is 104 cm³/mol. The Kier molecular flexibility index (Phi) is 6.62. The fourth-order valence-corrected chi connectivity index (χ4v) is 5.27. The molecular formula is C20H24F4N2O6. The van der Waals surface area contributed by atoms with Crippen molar-refractivity contribution in [2.24, 2.45) is 16.7 Å². The number of nitro benzene ring substituents is 1. The Morgan fingerprint density at radius 3 is 2.19 bits per heavy atom. The first-order valence-corrected chi connectivity index (χ1v) is 9.72. The highest BCUT2D eigenvalue weighted by Crippen LogP contribution is 2.60. The molecule has 1 aromatic rings. The standard InChI is InChI=1S/C20H24F4N2O6/c1-9(2)19(17(29)30)10(3)25-13(8-21)18(4,16(27)28)15(19)11-6-5-7-12(26(31)32)14(11)20(22,23)24/h5-7,9-10,13,15,25H,8H2,1-4H3,(H,27,28)(H,29,30). The van der Waals surface area contributed by atoms with Crippen molar-refractivity contribution in [3.8, 4) is 0 Å². The summed E-state index contributed by atoms with van der Waals surface area (Å²) in [5, 5.41) is 34.4. The minimum absolute atomic E-state index is 0.611. The first kappa shape index (κ1) is 25.5. The molecule has 1 aliphatic heterocycles. The zero-order valence-electron chi connectivity index (χ0n) is 17.7. The molecule has 0 aliphatic carbocycles. The quantitative estimate of drug-likeness (QED) is 0.331. The molecule has 0 spiro atoms. The summed E-state index contributed by atoms with van der Waals surface area (Å²) in [6, 6.07) is -0.325. The van der Waals surface area contributed by atoms with Gasteiger partial charge in [-0.25, -0.2) is 4.39 Å². The van der Waals surface area contributed by atoms with Gasteiger partial charge in [0.25, 0.3) is 5.69 Å². The largest absolute Gasteiger partial charge is 0.481 e. The van der Waals surface area contributed by atoms with E-state index in [0.29, 0.717) is 6.07 Å². The molecule has 5 atom stereocenters. The minimum atomic E-state index is -5.31. The molecule has 1 aromatic carbocycles. The van der Waals surface area contributed by atoms with E-state index in [4.69, 9.17) is 0 Å². The van der Waals surface area contributed by atoms with Gasteiger partial charge in [0.05, 0.1) is 21.8 Å². The fraction of sp³-hybridized carbons (Fsp3) is 0.600. The second-order valence-corrected chi connectivity index (χ2v) is 8.51. The number of rotatable bonds is 6. The Bertz CT molecular complexity index is 937. The summed E-state index contributed by atoms with van der Waals surface area (Å²) in [4.78, 5) is 35.2. The number of aliphatic carboxylic acids is 2. The lowest BCUT2D eigenvalue weighted by atomic mass is 9.48. The number of halogens is 4. The van der Waals surface area contributed by atoms with Gasteiger partial charge in [-0.1, -0.05) is 26.0 Å². The number of nitrogens with one attached hydrogen (secondary N) is 1. The highest BCUT2D eigenvalue weighted by molar-refractivity contribution is 5.84. The number of piperidine rings is 1. The molecule has 178 valence electrons. The third-order valence-corrected chi connectivity index (χ3v) is 6.78. The average molecular weight is 464 g/mol. The van der Waals surface area contributed by atoms with Gasteiger partial charge in [0.15, 0.2) is 0 Å². The molecule has 8 nitrogen and oxygen atoms in total. The normalized spacial score (nSPS) is 30.8. The first-order valence-electron chi connectivity index (χ1n) is 9.72. The maximum atomic E-state index is 14.1. The van der Waals surface area contributed by atoms with Crippen molar-refractivity contribution in [3.05, 3.63) is 39.4 Å². The van der Waals surface area contributed by atoms with E-state index in [-0.39, 0.29) is 0 Å². The molecule has 1 saturated heterocycles. The van der Waals surface area contributed by atoms with Crippen LogP contribution in [0, 0.1) is 26.9 Å². The number of benzene rings is 1. The Hall–Kier alpha value is -2.76. The maximum absolute atomic E-state index is 14.1. The lowest BCUT2D eigenvalue weighted by molar-refractivity contribution is -0.388. The number of alkyl halides is 4. The fourth-order valence-electron chi connectivity index (χ4n) is 5.27. The Morgan fingerprint density at radius 2 is 1.81 bits per heavy atom. The molecule has 0 radical (unpaired) electrons. The van der Waals surface area contributed by atoms with Crippen LogP contribution in [0.2, 0.25) is 0 Å². The van der Waals surface area contributed by atoms with Crippen molar-refractivity contribution in [3.63, 3.8) is 0 Å². The monoisotopic (exact) mass is 464 g/mol. The summed E-state index contributed by atoms with van der Waals surface area (Å²) >= 11 is 0. The van der Waals surface area contributed by atoms with E-state index in [1.54, 1.807) is 0 Å². The highest BCUT2D eigenvalue weighted by atomic mass is 19.4. The van der Waals surface area contributed by atoms with Crippen LogP contribution in [0.15, 0.2) is 18.2 Å². The summed E-state index contributed by atoms with van der Waals surface area (Å²) in [5.41, 5.74) is -8.50. The van der Waals surface area contributed by atoms with E-state index in [9.17, 15) is 47.5 Å². The second-order valence-electron chi connectivity index (χ2n) is 8.51. The summed E-state index contributed by atoms with van der Waals surface area (Å²) in [6.07, 6.45) is -5.31. The molecule has 5 unspecified atom stereocenters. The summed E-state index contributed by atoms with van der Waals surface area (Å²) < 4.78 is 56.3. The smallest absolute Gasteiger partial charge is 0.423 e. The lowest BCUT2D eigenvalue weighted by Gasteiger charge is -2.58. The molecular weight excluding hydrogens is 440 g/mol. The zero-order chi connectivity index (χ0) is 24.8. The van der Waals surface area contributed by atoms with Crippen LogP contribution in [0.3, 0.4) is 0 Å². The molecule has 32 heavy (non-hydrogen) atoms. The van der Waals surface area contributed by atoms with Crippen molar-refractivity contribution in [1.29, 1.82) is 0 Å². The molecule has 0 aromatic heterocycles. The number of nitro groups is 1.